The smallest absolute Gasteiger partial charge is 0.253 e. The van der Waals surface area contributed by atoms with Crippen LogP contribution in [-0.4, -0.2) is 45.2 Å². The van der Waals surface area contributed by atoms with E-state index in [-0.39, 0.29) is 18.4 Å². The van der Waals surface area contributed by atoms with E-state index in [0.717, 1.165) is 41.9 Å². The monoisotopic (exact) mass is 349 g/mol. The number of carbonyl (C=O) groups excluding carboxylic acids is 1. The van der Waals surface area contributed by atoms with Gasteiger partial charge in [-0.2, -0.15) is 0 Å². The van der Waals surface area contributed by atoms with Gasteiger partial charge in [0.2, 0.25) is 0 Å². The highest BCUT2D eigenvalue weighted by Crippen LogP contribution is 2.24. The Hall–Kier alpha value is -2.66. The van der Waals surface area contributed by atoms with Gasteiger partial charge in [0.25, 0.3) is 5.91 Å². The first-order chi connectivity index (χ1) is 12.7. The maximum Gasteiger partial charge on any atom is 0.253 e. The van der Waals surface area contributed by atoms with Crippen molar-refractivity contribution in [3.63, 3.8) is 0 Å². The number of para-hydroxylation sites is 1. The summed E-state index contributed by atoms with van der Waals surface area (Å²) in [5.74, 6) is 1.11. The SMILES string of the molecule is Cc1nc2cc(C(=O)N3CCCC(CO)C3)ccc2n1-c1ccccc1. The molecule has 5 heteroatoms. The van der Waals surface area contributed by atoms with Crippen LogP contribution in [0.4, 0.5) is 0 Å². The fraction of sp³-hybridized carbons (Fsp3) is 0.333. The van der Waals surface area contributed by atoms with Crippen molar-refractivity contribution in [2.75, 3.05) is 19.7 Å². The van der Waals surface area contributed by atoms with Crippen molar-refractivity contribution in [3.05, 3.63) is 59.9 Å². The number of nitrogens with zero attached hydrogens (tertiary/aromatic N) is 3. The molecule has 1 saturated heterocycles. The molecule has 3 aromatic rings. The molecule has 0 bridgehead atoms. The molecule has 1 N–H and O–H groups in total. The summed E-state index contributed by atoms with van der Waals surface area (Å²) in [7, 11) is 0. The number of rotatable bonds is 3. The minimum atomic E-state index is 0.0250. The number of amides is 1. The highest BCUT2D eigenvalue weighted by molar-refractivity contribution is 5.97. The molecule has 0 spiro atoms. The topological polar surface area (TPSA) is 58.4 Å². The number of aliphatic hydroxyl groups is 1. The van der Waals surface area contributed by atoms with Gasteiger partial charge in [0.05, 0.1) is 11.0 Å². The summed E-state index contributed by atoms with van der Waals surface area (Å²) in [6, 6.07) is 15.8. The predicted molar refractivity (Wildman–Crippen MR) is 102 cm³/mol. The minimum absolute atomic E-state index is 0.0250. The van der Waals surface area contributed by atoms with Gasteiger partial charge in [-0.1, -0.05) is 18.2 Å². The predicted octanol–water partition coefficient (Wildman–Crippen LogP) is 3.18. The van der Waals surface area contributed by atoms with Crippen LogP contribution in [0.15, 0.2) is 48.5 Å². The number of fused-ring (bicyclic) bond motifs is 1. The zero-order chi connectivity index (χ0) is 18.1. The summed E-state index contributed by atoms with van der Waals surface area (Å²) < 4.78 is 2.10. The second-order valence-electron chi connectivity index (χ2n) is 6.98. The van der Waals surface area contributed by atoms with Crippen LogP contribution in [-0.2, 0) is 0 Å². The molecule has 4 rings (SSSR count). The number of benzene rings is 2. The van der Waals surface area contributed by atoms with Gasteiger partial charge >= 0.3 is 0 Å². The molecule has 1 amide bonds. The molecule has 1 aliphatic heterocycles. The molecule has 1 unspecified atom stereocenters. The molecule has 2 heterocycles. The van der Waals surface area contributed by atoms with E-state index in [1.807, 2.05) is 48.2 Å². The van der Waals surface area contributed by atoms with E-state index in [9.17, 15) is 9.90 Å². The fourth-order valence-electron chi connectivity index (χ4n) is 3.82. The summed E-state index contributed by atoms with van der Waals surface area (Å²) in [5, 5.41) is 9.39. The maximum atomic E-state index is 12.9. The van der Waals surface area contributed by atoms with E-state index in [1.165, 1.54) is 0 Å². The molecular weight excluding hydrogens is 326 g/mol. The summed E-state index contributed by atoms with van der Waals surface area (Å²) in [4.78, 5) is 19.4. The van der Waals surface area contributed by atoms with Crippen LogP contribution in [0.2, 0.25) is 0 Å². The van der Waals surface area contributed by atoms with Crippen LogP contribution in [0.1, 0.15) is 29.0 Å². The third-order valence-corrected chi connectivity index (χ3v) is 5.15. The maximum absolute atomic E-state index is 12.9. The van der Waals surface area contributed by atoms with E-state index < -0.39 is 0 Å². The number of aliphatic hydroxyl groups excluding tert-OH is 1. The lowest BCUT2D eigenvalue weighted by Crippen LogP contribution is -2.40. The fourth-order valence-corrected chi connectivity index (χ4v) is 3.82. The molecular formula is C21H23N3O2. The van der Waals surface area contributed by atoms with Crippen LogP contribution < -0.4 is 0 Å². The first kappa shape index (κ1) is 16.8. The van der Waals surface area contributed by atoms with E-state index in [4.69, 9.17) is 0 Å². The molecule has 1 fully saturated rings. The Bertz CT molecular complexity index is 933. The summed E-state index contributed by atoms with van der Waals surface area (Å²) in [5.41, 5.74) is 3.55. The average molecular weight is 349 g/mol. The summed E-state index contributed by atoms with van der Waals surface area (Å²) in [6.45, 7) is 3.50. The quantitative estimate of drug-likeness (QED) is 0.790. The number of aromatic nitrogens is 2. The standard InChI is InChI=1S/C21H23N3O2/c1-15-22-19-12-17(21(26)23-11-5-6-16(13-23)14-25)9-10-20(19)24(15)18-7-3-2-4-8-18/h2-4,7-10,12,16,25H,5-6,11,13-14H2,1H3. The summed E-state index contributed by atoms with van der Waals surface area (Å²) >= 11 is 0. The molecule has 1 aliphatic rings. The zero-order valence-electron chi connectivity index (χ0n) is 14.9. The Morgan fingerprint density at radius 3 is 2.81 bits per heavy atom. The van der Waals surface area contributed by atoms with E-state index in [1.54, 1.807) is 0 Å². The Labute approximate surface area is 152 Å². The highest BCUT2D eigenvalue weighted by Gasteiger charge is 2.24. The number of likely N-dealkylation sites (tertiary alicyclic amines) is 1. The first-order valence-electron chi connectivity index (χ1n) is 9.12. The second kappa shape index (κ2) is 6.92. The normalized spacial score (nSPS) is 17.6. The number of aryl methyl sites for hydroxylation is 1. The van der Waals surface area contributed by atoms with Crippen molar-refractivity contribution >= 4 is 16.9 Å². The molecule has 26 heavy (non-hydrogen) atoms. The van der Waals surface area contributed by atoms with Crippen LogP contribution >= 0.6 is 0 Å². The van der Waals surface area contributed by atoms with Crippen LogP contribution in [0.3, 0.4) is 0 Å². The van der Waals surface area contributed by atoms with E-state index >= 15 is 0 Å². The Morgan fingerprint density at radius 1 is 1.23 bits per heavy atom. The first-order valence-corrected chi connectivity index (χ1v) is 9.12. The van der Waals surface area contributed by atoms with Gasteiger partial charge in [0.1, 0.15) is 5.82 Å². The molecule has 134 valence electrons. The Balaban J connectivity index is 1.67. The van der Waals surface area contributed by atoms with Crippen molar-refractivity contribution in [3.8, 4) is 5.69 Å². The second-order valence-corrected chi connectivity index (χ2v) is 6.98. The van der Waals surface area contributed by atoms with Gasteiger partial charge in [0, 0.05) is 30.9 Å². The van der Waals surface area contributed by atoms with Crippen molar-refractivity contribution in [2.45, 2.75) is 19.8 Å². The van der Waals surface area contributed by atoms with Gasteiger partial charge < -0.3 is 10.0 Å². The molecule has 0 aliphatic carbocycles. The highest BCUT2D eigenvalue weighted by atomic mass is 16.3. The zero-order valence-corrected chi connectivity index (χ0v) is 14.9. The third kappa shape index (κ3) is 2.99. The number of carbonyl (C=O) groups is 1. The lowest BCUT2D eigenvalue weighted by atomic mass is 9.98. The van der Waals surface area contributed by atoms with Gasteiger partial charge in [-0.25, -0.2) is 4.98 Å². The molecule has 0 radical (unpaired) electrons. The van der Waals surface area contributed by atoms with Crippen molar-refractivity contribution in [1.82, 2.24) is 14.5 Å². The van der Waals surface area contributed by atoms with Crippen molar-refractivity contribution in [1.29, 1.82) is 0 Å². The molecule has 5 nitrogen and oxygen atoms in total. The van der Waals surface area contributed by atoms with Gasteiger partial charge in [-0.05, 0) is 56.0 Å². The largest absolute Gasteiger partial charge is 0.396 e. The van der Waals surface area contributed by atoms with E-state index in [0.29, 0.717) is 12.1 Å². The molecule has 0 saturated carbocycles. The van der Waals surface area contributed by atoms with Crippen molar-refractivity contribution < 1.29 is 9.90 Å². The lowest BCUT2D eigenvalue weighted by Gasteiger charge is -2.31. The van der Waals surface area contributed by atoms with E-state index in [2.05, 4.69) is 21.7 Å². The van der Waals surface area contributed by atoms with Crippen molar-refractivity contribution in [2.24, 2.45) is 5.92 Å². The van der Waals surface area contributed by atoms with Crippen LogP contribution in [0.25, 0.3) is 16.7 Å². The summed E-state index contributed by atoms with van der Waals surface area (Å²) in [6.07, 6.45) is 1.93. The molecule has 2 aromatic carbocycles. The number of hydrogen-bond acceptors (Lipinski definition) is 3. The van der Waals surface area contributed by atoms with Gasteiger partial charge in [0.15, 0.2) is 0 Å². The molecule has 1 aromatic heterocycles. The van der Waals surface area contributed by atoms with Gasteiger partial charge in [-0.15, -0.1) is 0 Å². The Morgan fingerprint density at radius 2 is 2.04 bits per heavy atom. The molecule has 1 atom stereocenters. The van der Waals surface area contributed by atoms with Crippen LogP contribution in [0.5, 0.6) is 0 Å². The lowest BCUT2D eigenvalue weighted by molar-refractivity contribution is 0.0621. The number of piperidine rings is 1. The number of imidazole rings is 1. The number of hydrogen-bond donors (Lipinski definition) is 1. The average Bonchev–Trinajstić information content (AvgIpc) is 3.03. The van der Waals surface area contributed by atoms with Crippen LogP contribution in [0, 0.1) is 12.8 Å². The third-order valence-electron chi connectivity index (χ3n) is 5.15. The Kier molecular flexibility index (Phi) is 4.47. The minimum Gasteiger partial charge on any atom is -0.396 e. The van der Waals surface area contributed by atoms with Gasteiger partial charge in [-0.3, -0.25) is 9.36 Å².